The number of aromatic carboxylic acids is 1. The molecule has 0 unspecified atom stereocenters. The van der Waals surface area contributed by atoms with E-state index in [-0.39, 0.29) is 17.5 Å². The summed E-state index contributed by atoms with van der Waals surface area (Å²) in [5, 5.41) is 11.8. The zero-order chi connectivity index (χ0) is 16.7. The summed E-state index contributed by atoms with van der Waals surface area (Å²) in [5.74, 6) is -0.455. The third-order valence-corrected chi connectivity index (χ3v) is 4.07. The number of likely N-dealkylation sites (N-methyl/N-ethyl adjacent to an activating group) is 1. The van der Waals surface area contributed by atoms with Crippen LogP contribution in [0.25, 0.3) is 0 Å². The molecule has 1 aliphatic heterocycles. The van der Waals surface area contributed by atoms with Crippen LogP contribution >= 0.6 is 0 Å². The normalized spacial score (nSPS) is 18.9. The standard InChI is InChI=1S/C17H24N2O4/c1-19-10-4-2-3-8-15(19)16(20)18-9-11-23-14-7-5-6-13(12-14)17(21)22/h5-7,12,15H,2-4,8-11H2,1H3,(H,18,20)(H,21,22)/t15-/m1/s1. The van der Waals surface area contributed by atoms with Gasteiger partial charge in [-0.25, -0.2) is 4.79 Å². The summed E-state index contributed by atoms with van der Waals surface area (Å²) in [4.78, 5) is 25.2. The van der Waals surface area contributed by atoms with Gasteiger partial charge >= 0.3 is 5.97 Å². The molecule has 1 aromatic rings. The van der Waals surface area contributed by atoms with Crippen molar-refractivity contribution in [3.05, 3.63) is 29.8 Å². The fourth-order valence-corrected chi connectivity index (χ4v) is 2.76. The fraction of sp³-hybridized carbons (Fsp3) is 0.529. The highest BCUT2D eigenvalue weighted by molar-refractivity contribution is 5.88. The van der Waals surface area contributed by atoms with E-state index in [2.05, 4.69) is 10.2 Å². The van der Waals surface area contributed by atoms with Crippen molar-refractivity contribution in [2.24, 2.45) is 0 Å². The van der Waals surface area contributed by atoms with Crippen LogP contribution in [0.4, 0.5) is 0 Å². The number of carbonyl (C=O) groups is 2. The van der Waals surface area contributed by atoms with E-state index in [9.17, 15) is 9.59 Å². The summed E-state index contributed by atoms with van der Waals surface area (Å²) < 4.78 is 5.49. The molecular formula is C17H24N2O4. The predicted octanol–water partition coefficient (Wildman–Crippen LogP) is 1.75. The third-order valence-electron chi connectivity index (χ3n) is 4.07. The van der Waals surface area contributed by atoms with Crippen molar-refractivity contribution in [3.63, 3.8) is 0 Å². The molecule has 1 saturated heterocycles. The molecule has 2 N–H and O–H groups in total. The van der Waals surface area contributed by atoms with Gasteiger partial charge in [-0.05, 0) is 44.6 Å². The topological polar surface area (TPSA) is 78.9 Å². The Bertz CT molecular complexity index is 547. The lowest BCUT2D eigenvalue weighted by molar-refractivity contribution is -0.126. The maximum atomic E-state index is 12.2. The lowest BCUT2D eigenvalue weighted by Crippen LogP contribution is -2.45. The number of nitrogens with zero attached hydrogens (tertiary/aromatic N) is 1. The van der Waals surface area contributed by atoms with Gasteiger partial charge in [0.25, 0.3) is 0 Å². The Morgan fingerprint density at radius 2 is 2.17 bits per heavy atom. The lowest BCUT2D eigenvalue weighted by Gasteiger charge is -2.24. The van der Waals surface area contributed by atoms with Crippen molar-refractivity contribution in [1.29, 1.82) is 0 Å². The van der Waals surface area contributed by atoms with Crippen LogP contribution in [0.2, 0.25) is 0 Å². The molecule has 1 fully saturated rings. The number of benzene rings is 1. The van der Waals surface area contributed by atoms with Crippen LogP contribution < -0.4 is 10.1 Å². The third kappa shape index (κ3) is 5.25. The number of amides is 1. The van der Waals surface area contributed by atoms with E-state index in [1.807, 2.05) is 7.05 Å². The number of ether oxygens (including phenoxy) is 1. The van der Waals surface area contributed by atoms with Crippen molar-refractivity contribution in [2.75, 3.05) is 26.7 Å². The smallest absolute Gasteiger partial charge is 0.335 e. The summed E-state index contributed by atoms with van der Waals surface area (Å²) >= 11 is 0. The molecule has 0 aromatic heterocycles. The van der Waals surface area contributed by atoms with E-state index in [1.54, 1.807) is 12.1 Å². The van der Waals surface area contributed by atoms with Gasteiger partial charge < -0.3 is 15.2 Å². The highest BCUT2D eigenvalue weighted by Crippen LogP contribution is 2.15. The number of nitrogens with one attached hydrogen (secondary N) is 1. The number of carboxylic acids is 1. The molecule has 0 spiro atoms. The van der Waals surface area contributed by atoms with Gasteiger partial charge in [-0.15, -0.1) is 0 Å². The van der Waals surface area contributed by atoms with Gasteiger partial charge in [0.15, 0.2) is 0 Å². The molecule has 1 amide bonds. The molecule has 1 atom stereocenters. The van der Waals surface area contributed by atoms with Gasteiger partial charge in [0.2, 0.25) is 5.91 Å². The summed E-state index contributed by atoms with van der Waals surface area (Å²) in [6.07, 6.45) is 4.30. The first-order chi connectivity index (χ1) is 11.1. The average molecular weight is 320 g/mol. The Labute approximate surface area is 136 Å². The van der Waals surface area contributed by atoms with E-state index < -0.39 is 5.97 Å². The van der Waals surface area contributed by atoms with E-state index >= 15 is 0 Å². The molecule has 2 rings (SSSR count). The van der Waals surface area contributed by atoms with E-state index in [4.69, 9.17) is 9.84 Å². The largest absolute Gasteiger partial charge is 0.492 e. The van der Waals surface area contributed by atoms with Crippen LogP contribution in [0, 0.1) is 0 Å². The Kier molecular flexibility index (Phi) is 6.40. The first-order valence-corrected chi connectivity index (χ1v) is 8.02. The summed E-state index contributed by atoms with van der Waals surface area (Å²) in [5.41, 5.74) is 0.187. The minimum atomic E-state index is -0.986. The quantitative estimate of drug-likeness (QED) is 0.781. The first-order valence-electron chi connectivity index (χ1n) is 8.02. The van der Waals surface area contributed by atoms with Crippen LogP contribution in [0.3, 0.4) is 0 Å². The van der Waals surface area contributed by atoms with E-state index in [0.29, 0.717) is 18.9 Å². The Morgan fingerprint density at radius 1 is 1.35 bits per heavy atom. The van der Waals surface area contributed by atoms with Gasteiger partial charge in [0.1, 0.15) is 12.4 Å². The van der Waals surface area contributed by atoms with Crippen molar-refractivity contribution in [3.8, 4) is 5.75 Å². The number of rotatable bonds is 6. The highest BCUT2D eigenvalue weighted by atomic mass is 16.5. The van der Waals surface area contributed by atoms with Gasteiger partial charge in [-0.1, -0.05) is 18.9 Å². The fourth-order valence-electron chi connectivity index (χ4n) is 2.76. The second kappa shape index (κ2) is 8.53. The van der Waals surface area contributed by atoms with Crippen LogP contribution in [0.15, 0.2) is 24.3 Å². The number of hydrogen-bond acceptors (Lipinski definition) is 4. The number of likely N-dealkylation sites (tertiary alicyclic amines) is 1. The maximum Gasteiger partial charge on any atom is 0.335 e. The minimum Gasteiger partial charge on any atom is -0.492 e. The Hall–Kier alpha value is -2.08. The first kappa shape index (κ1) is 17.3. The Morgan fingerprint density at radius 3 is 2.96 bits per heavy atom. The van der Waals surface area contributed by atoms with Crippen LogP contribution in [-0.4, -0.2) is 54.7 Å². The van der Waals surface area contributed by atoms with Crippen molar-refractivity contribution < 1.29 is 19.4 Å². The molecule has 126 valence electrons. The summed E-state index contributed by atoms with van der Waals surface area (Å²) in [6.45, 7) is 1.67. The molecule has 23 heavy (non-hydrogen) atoms. The summed E-state index contributed by atoms with van der Waals surface area (Å²) in [7, 11) is 1.99. The van der Waals surface area contributed by atoms with Crippen molar-refractivity contribution in [1.82, 2.24) is 10.2 Å². The zero-order valence-electron chi connectivity index (χ0n) is 13.5. The highest BCUT2D eigenvalue weighted by Gasteiger charge is 2.24. The second-order valence-electron chi connectivity index (χ2n) is 5.82. The molecule has 6 heteroatoms. The SMILES string of the molecule is CN1CCCCC[C@@H]1C(=O)NCCOc1cccc(C(=O)O)c1. The molecule has 1 heterocycles. The molecular weight excluding hydrogens is 296 g/mol. The van der Waals surface area contributed by atoms with E-state index in [0.717, 1.165) is 25.8 Å². The maximum absolute atomic E-state index is 12.2. The average Bonchev–Trinajstić information content (AvgIpc) is 2.76. The van der Waals surface area contributed by atoms with Gasteiger partial charge in [-0.2, -0.15) is 0 Å². The number of hydrogen-bond donors (Lipinski definition) is 2. The molecule has 0 radical (unpaired) electrons. The lowest BCUT2D eigenvalue weighted by atomic mass is 10.1. The molecule has 6 nitrogen and oxygen atoms in total. The summed E-state index contributed by atoms with van der Waals surface area (Å²) in [6, 6.07) is 6.26. The Balaban J connectivity index is 1.75. The number of carboxylic acid groups (broad SMARTS) is 1. The van der Waals surface area contributed by atoms with Crippen LogP contribution in [0.1, 0.15) is 36.0 Å². The van der Waals surface area contributed by atoms with Crippen LogP contribution in [-0.2, 0) is 4.79 Å². The van der Waals surface area contributed by atoms with E-state index in [1.165, 1.54) is 18.6 Å². The second-order valence-corrected chi connectivity index (χ2v) is 5.82. The molecule has 0 bridgehead atoms. The molecule has 0 aliphatic carbocycles. The molecule has 0 saturated carbocycles. The van der Waals surface area contributed by atoms with Crippen LogP contribution in [0.5, 0.6) is 5.75 Å². The van der Waals surface area contributed by atoms with Crippen molar-refractivity contribution >= 4 is 11.9 Å². The minimum absolute atomic E-state index is 0.0392. The molecule has 1 aromatic carbocycles. The monoisotopic (exact) mass is 320 g/mol. The zero-order valence-corrected chi connectivity index (χ0v) is 13.5. The van der Waals surface area contributed by atoms with Gasteiger partial charge in [0, 0.05) is 0 Å². The van der Waals surface area contributed by atoms with Gasteiger partial charge in [-0.3, -0.25) is 9.69 Å². The number of carbonyl (C=O) groups excluding carboxylic acids is 1. The van der Waals surface area contributed by atoms with Crippen molar-refractivity contribution in [2.45, 2.75) is 31.7 Å². The predicted molar refractivity (Wildman–Crippen MR) is 86.8 cm³/mol. The van der Waals surface area contributed by atoms with Gasteiger partial charge in [0.05, 0.1) is 18.2 Å². The molecule has 1 aliphatic rings.